The van der Waals surface area contributed by atoms with Crippen molar-refractivity contribution >= 4 is 5.91 Å². The molecule has 0 aliphatic heterocycles. The normalized spacial score (nSPS) is 15.0. The second-order valence-electron chi connectivity index (χ2n) is 4.07. The van der Waals surface area contributed by atoms with Crippen LogP contribution in [0.1, 0.15) is 35.2 Å². The first-order valence-corrected chi connectivity index (χ1v) is 5.34. The Hall–Kier alpha value is -1.89. The lowest BCUT2D eigenvalue weighted by molar-refractivity contribution is 0.0651. The molecule has 0 radical (unpaired) electrons. The summed E-state index contributed by atoms with van der Waals surface area (Å²) in [6, 6.07) is 3.93. The number of nitrogens with zero attached hydrogens (tertiary/aromatic N) is 3. The van der Waals surface area contributed by atoms with Gasteiger partial charge in [-0.15, -0.1) is 0 Å². The van der Waals surface area contributed by atoms with Crippen molar-refractivity contribution in [1.82, 2.24) is 9.88 Å². The largest absolute Gasteiger partial charge is 0.339 e. The van der Waals surface area contributed by atoms with E-state index in [0.717, 1.165) is 12.8 Å². The molecule has 0 unspecified atom stereocenters. The van der Waals surface area contributed by atoms with E-state index in [2.05, 4.69) is 4.98 Å². The van der Waals surface area contributed by atoms with Crippen molar-refractivity contribution in [3.63, 3.8) is 0 Å². The zero-order valence-corrected chi connectivity index (χ0v) is 9.18. The SMILES string of the molecule is CN(C(=O)c1cncc(C#N)c1)C1CCC1. The van der Waals surface area contributed by atoms with Gasteiger partial charge >= 0.3 is 0 Å². The minimum absolute atomic E-state index is 0.0469. The van der Waals surface area contributed by atoms with Crippen LogP contribution in [0.15, 0.2) is 18.5 Å². The second kappa shape index (κ2) is 4.31. The quantitative estimate of drug-likeness (QED) is 0.752. The lowest BCUT2D eigenvalue weighted by atomic mass is 9.91. The highest BCUT2D eigenvalue weighted by Crippen LogP contribution is 2.24. The summed E-state index contributed by atoms with van der Waals surface area (Å²) >= 11 is 0. The van der Waals surface area contributed by atoms with Gasteiger partial charge in [0.25, 0.3) is 5.91 Å². The molecule has 1 aromatic heterocycles. The number of rotatable bonds is 2. The van der Waals surface area contributed by atoms with Crippen LogP contribution >= 0.6 is 0 Å². The van der Waals surface area contributed by atoms with E-state index in [1.165, 1.54) is 18.8 Å². The van der Waals surface area contributed by atoms with E-state index in [0.29, 0.717) is 17.2 Å². The van der Waals surface area contributed by atoms with Crippen LogP contribution in [0.25, 0.3) is 0 Å². The minimum atomic E-state index is -0.0469. The van der Waals surface area contributed by atoms with E-state index >= 15 is 0 Å². The molecule has 1 heterocycles. The summed E-state index contributed by atoms with van der Waals surface area (Å²) in [6.45, 7) is 0. The van der Waals surface area contributed by atoms with Gasteiger partial charge in [0, 0.05) is 25.5 Å². The Bertz CT molecular complexity index is 446. The van der Waals surface area contributed by atoms with Gasteiger partial charge in [0.1, 0.15) is 6.07 Å². The summed E-state index contributed by atoms with van der Waals surface area (Å²) in [6.07, 6.45) is 6.32. The smallest absolute Gasteiger partial charge is 0.255 e. The topological polar surface area (TPSA) is 57.0 Å². The van der Waals surface area contributed by atoms with E-state index in [9.17, 15) is 4.79 Å². The Labute approximate surface area is 94.5 Å². The monoisotopic (exact) mass is 215 g/mol. The van der Waals surface area contributed by atoms with Crippen molar-refractivity contribution in [3.8, 4) is 6.07 Å². The molecule has 1 amide bonds. The van der Waals surface area contributed by atoms with Gasteiger partial charge in [-0.3, -0.25) is 9.78 Å². The molecule has 4 nitrogen and oxygen atoms in total. The summed E-state index contributed by atoms with van der Waals surface area (Å²) in [5.41, 5.74) is 0.918. The lowest BCUT2D eigenvalue weighted by Gasteiger charge is -2.34. The van der Waals surface area contributed by atoms with Gasteiger partial charge in [-0.1, -0.05) is 0 Å². The Balaban J connectivity index is 2.16. The number of aromatic nitrogens is 1. The average Bonchev–Trinajstić information content (AvgIpc) is 2.25. The molecule has 0 saturated heterocycles. The van der Waals surface area contributed by atoms with E-state index in [1.807, 2.05) is 13.1 Å². The van der Waals surface area contributed by atoms with E-state index in [4.69, 9.17) is 5.26 Å². The highest BCUT2D eigenvalue weighted by Gasteiger charge is 2.26. The van der Waals surface area contributed by atoms with Crippen LogP contribution in [0.4, 0.5) is 0 Å². The van der Waals surface area contributed by atoms with Crippen LogP contribution in [-0.4, -0.2) is 28.9 Å². The summed E-state index contributed by atoms with van der Waals surface area (Å²) in [7, 11) is 1.81. The molecule has 0 spiro atoms. The summed E-state index contributed by atoms with van der Waals surface area (Å²) in [4.78, 5) is 17.7. The van der Waals surface area contributed by atoms with E-state index in [-0.39, 0.29) is 5.91 Å². The Morgan fingerprint density at radius 1 is 1.56 bits per heavy atom. The molecule has 1 aromatic rings. The molecule has 1 aliphatic carbocycles. The molecule has 0 N–H and O–H groups in total. The summed E-state index contributed by atoms with van der Waals surface area (Å²) < 4.78 is 0. The van der Waals surface area contributed by atoms with Crippen molar-refractivity contribution < 1.29 is 4.79 Å². The number of carbonyl (C=O) groups is 1. The zero-order chi connectivity index (χ0) is 11.5. The first kappa shape index (κ1) is 10.6. The predicted molar refractivity (Wildman–Crippen MR) is 58.7 cm³/mol. The summed E-state index contributed by atoms with van der Waals surface area (Å²) in [5.74, 6) is -0.0469. The molecule has 2 rings (SSSR count). The third-order valence-electron chi connectivity index (χ3n) is 3.06. The number of hydrogen-bond donors (Lipinski definition) is 0. The molecule has 4 heteroatoms. The van der Waals surface area contributed by atoms with E-state index in [1.54, 1.807) is 11.0 Å². The lowest BCUT2D eigenvalue weighted by Crippen LogP contribution is -2.41. The molecule has 1 aliphatic rings. The van der Waals surface area contributed by atoms with Gasteiger partial charge in [-0.05, 0) is 25.3 Å². The van der Waals surface area contributed by atoms with Gasteiger partial charge in [0.05, 0.1) is 11.1 Å². The van der Waals surface area contributed by atoms with Gasteiger partial charge in [-0.25, -0.2) is 0 Å². The van der Waals surface area contributed by atoms with Crippen molar-refractivity contribution in [3.05, 3.63) is 29.6 Å². The molecular weight excluding hydrogens is 202 g/mol. The maximum atomic E-state index is 12.0. The van der Waals surface area contributed by atoms with Gasteiger partial charge in [-0.2, -0.15) is 5.26 Å². The van der Waals surface area contributed by atoms with Crippen LogP contribution in [0.5, 0.6) is 0 Å². The third kappa shape index (κ3) is 1.89. The van der Waals surface area contributed by atoms with Crippen LogP contribution in [0, 0.1) is 11.3 Å². The van der Waals surface area contributed by atoms with Crippen LogP contribution < -0.4 is 0 Å². The first-order chi connectivity index (χ1) is 7.72. The van der Waals surface area contributed by atoms with Gasteiger partial charge in [0.15, 0.2) is 0 Å². The number of pyridine rings is 1. The zero-order valence-electron chi connectivity index (χ0n) is 9.18. The molecular formula is C12H13N3O. The summed E-state index contributed by atoms with van der Waals surface area (Å²) in [5, 5.41) is 8.73. The number of amides is 1. The molecule has 0 atom stereocenters. The number of hydrogen-bond acceptors (Lipinski definition) is 3. The van der Waals surface area contributed by atoms with Crippen molar-refractivity contribution in [2.24, 2.45) is 0 Å². The second-order valence-corrected chi connectivity index (χ2v) is 4.07. The highest BCUT2D eigenvalue weighted by atomic mass is 16.2. The minimum Gasteiger partial charge on any atom is -0.339 e. The Morgan fingerprint density at radius 3 is 2.88 bits per heavy atom. The van der Waals surface area contributed by atoms with E-state index < -0.39 is 0 Å². The maximum absolute atomic E-state index is 12.0. The van der Waals surface area contributed by atoms with Crippen LogP contribution in [0.3, 0.4) is 0 Å². The molecule has 0 aromatic carbocycles. The van der Waals surface area contributed by atoms with Gasteiger partial charge in [0.2, 0.25) is 0 Å². The predicted octanol–water partition coefficient (Wildman–Crippen LogP) is 1.58. The number of carbonyl (C=O) groups excluding carboxylic acids is 1. The fourth-order valence-electron chi connectivity index (χ4n) is 1.76. The van der Waals surface area contributed by atoms with Gasteiger partial charge < -0.3 is 4.90 Å². The fourth-order valence-corrected chi connectivity index (χ4v) is 1.76. The van der Waals surface area contributed by atoms with Crippen LogP contribution in [-0.2, 0) is 0 Å². The fraction of sp³-hybridized carbons (Fsp3) is 0.417. The molecule has 0 bridgehead atoms. The first-order valence-electron chi connectivity index (χ1n) is 5.34. The Morgan fingerprint density at radius 2 is 2.31 bits per heavy atom. The third-order valence-corrected chi connectivity index (χ3v) is 3.06. The van der Waals surface area contributed by atoms with Crippen molar-refractivity contribution in [2.75, 3.05) is 7.05 Å². The van der Waals surface area contributed by atoms with Crippen molar-refractivity contribution in [1.29, 1.82) is 5.26 Å². The average molecular weight is 215 g/mol. The highest BCUT2D eigenvalue weighted by molar-refractivity contribution is 5.94. The molecule has 1 saturated carbocycles. The number of nitriles is 1. The molecule has 16 heavy (non-hydrogen) atoms. The maximum Gasteiger partial charge on any atom is 0.255 e. The Kier molecular flexibility index (Phi) is 2.86. The van der Waals surface area contributed by atoms with Crippen molar-refractivity contribution in [2.45, 2.75) is 25.3 Å². The standard InChI is InChI=1S/C12H13N3O/c1-15(11-3-2-4-11)12(16)10-5-9(6-13)7-14-8-10/h5,7-8,11H,2-4H2,1H3. The molecule has 82 valence electrons. The van der Waals surface area contributed by atoms with Crippen LogP contribution in [0.2, 0.25) is 0 Å². The molecule has 1 fully saturated rings.